The maximum absolute atomic E-state index is 13.6. The molecule has 0 saturated carbocycles. The number of imidazole rings is 1. The van der Waals surface area contributed by atoms with Crippen molar-refractivity contribution >= 4 is 23.5 Å². The molecule has 1 N–H and O–H groups in total. The molecule has 0 aliphatic carbocycles. The topological polar surface area (TPSA) is 82.4 Å². The van der Waals surface area contributed by atoms with Crippen LogP contribution in [0.5, 0.6) is 0 Å². The molecule has 1 heterocycles. The van der Waals surface area contributed by atoms with E-state index < -0.39 is 29.3 Å². The number of carbonyl (C=O) groups excluding carboxylic acids is 2. The van der Waals surface area contributed by atoms with Crippen molar-refractivity contribution in [2.75, 3.05) is 6.61 Å². The summed E-state index contributed by atoms with van der Waals surface area (Å²) in [6.07, 6.45) is 2.21. The van der Waals surface area contributed by atoms with Crippen molar-refractivity contribution in [3.8, 4) is 5.69 Å². The Balaban J connectivity index is 1.79. The summed E-state index contributed by atoms with van der Waals surface area (Å²) in [7, 11) is 0. The number of nitrogens with zero attached hydrogens (tertiary/aromatic N) is 2. The number of halogens is 2. The zero-order valence-electron chi connectivity index (χ0n) is 18.5. The van der Waals surface area contributed by atoms with E-state index in [0.717, 1.165) is 5.56 Å². The number of alkyl carbamates (subject to hydrolysis) is 1. The number of nitrogens with one attached hydrogen (secondary N) is 1. The van der Waals surface area contributed by atoms with Gasteiger partial charge in [0, 0.05) is 18.1 Å². The number of hydrogen-bond acceptors (Lipinski definition) is 5. The van der Waals surface area contributed by atoms with Crippen LogP contribution in [0.4, 0.5) is 9.18 Å². The smallest absolute Gasteiger partial charge is 0.408 e. The number of benzene rings is 2. The van der Waals surface area contributed by atoms with E-state index in [1.54, 1.807) is 6.20 Å². The molecule has 2 aromatic carbocycles. The zero-order valence-corrected chi connectivity index (χ0v) is 19.3. The molecule has 0 bridgehead atoms. The van der Waals surface area contributed by atoms with Crippen molar-refractivity contribution in [1.82, 2.24) is 14.9 Å². The second-order valence-corrected chi connectivity index (χ2v) is 8.67. The Morgan fingerprint density at radius 3 is 2.58 bits per heavy atom. The standard InChI is InChI=1S/C24H25ClFN3O4/c1-24(2,3)33-15-20(28-23(31)32-14-16-7-5-4-6-8-16)21(30)22-27-11-12-29(22)17-9-10-19(26)18(25)13-17/h4-13,20H,14-15H2,1-3H3,(H,28,31). The first-order valence-corrected chi connectivity index (χ1v) is 10.7. The molecule has 1 unspecified atom stereocenters. The van der Waals surface area contributed by atoms with Gasteiger partial charge < -0.3 is 14.8 Å². The minimum atomic E-state index is -1.07. The van der Waals surface area contributed by atoms with Gasteiger partial charge in [-0.15, -0.1) is 0 Å². The van der Waals surface area contributed by atoms with Crippen LogP contribution in [0.2, 0.25) is 5.02 Å². The number of carbonyl (C=O) groups is 2. The van der Waals surface area contributed by atoms with Gasteiger partial charge >= 0.3 is 6.09 Å². The molecule has 174 valence electrons. The summed E-state index contributed by atoms with van der Waals surface area (Å²) in [6, 6.07) is 12.2. The van der Waals surface area contributed by atoms with Gasteiger partial charge in [0.05, 0.1) is 17.2 Å². The predicted octanol–water partition coefficient (Wildman–Crippen LogP) is 4.96. The van der Waals surface area contributed by atoms with Gasteiger partial charge in [-0.2, -0.15) is 0 Å². The molecule has 3 rings (SSSR count). The number of ketones is 1. The average Bonchev–Trinajstić information content (AvgIpc) is 3.26. The molecule has 0 saturated heterocycles. The van der Waals surface area contributed by atoms with Gasteiger partial charge in [-0.3, -0.25) is 9.36 Å². The lowest BCUT2D eigenvalue weighted by Crippen LogP contribution is -2.46. The van der Waals surface area contributed by atoms with Crippen LogP contribution in [0.25, 0.3) is 5.69 Å². The Morgan fingerprint density at radius 2 is 1.91 bits per heavy atom. The third-order valence-corrected chi connectivity index (χ3v) is 4.84. The largest absolute Gasteiger partial charge is 0.445 e. The highest BCUT2D eigenvalue weighted by Gasteiger charge is 2.29. The molecule has 3 aromatic rings. The summed E-state index contributed by atoms with van der Waals surface area (Å²) in [5.41, 5.74) is 0.711. The number of aromatic nitrogens is 2. The van der Waals surface area contributed by atoms with E-state index in [1.807, 2.05) is 51.1 Å². The number of hydrogen-bond donors (Lipinski definition) is 1. The van der Waals surface area contributed by atoms with Crippen LogP contribution in [0.3, 0.4) is 0 Å². The first-order valence-electron chi connectivity index (χ1n) is 10.3. The molecule has 0 fully saturated rings. The lowest BCUT2D eigenvalue weighted by Gasteiger charge is -2.24. The molecule has 0 aliphatic rings. The second kappa shape index (κ2) is 10.6. The Kier molecular flexibility index (Phi) is 7.84. The Hall–Kier alpha value is -3.23. The molecule has 0 spiro atoms. The van der Waals surface area contributed by atoms with Crippen molar-refractivity contribution in [3.63, 3.8) is 0 Å². The molecule has 0 aliphatic heterocycles. The molecule has 9 heteroatoms. The minimum absolute atomic E-state index is 0.0311. The first kappa shape index (κ1) is 24.4. The highest BCUT2D eigenvalue weighted by Crippen LogP contribution is 2.21. The van der Waals surface area contributed by atoms with E-state index in [1.165, 1.54) is 29.0 Å². The Morgan fingerprint density at radius 1 is 1.18 bits per heavy atom. The van der Waals surface area contributed by atoms with Crippen LogP contribution in [0.1, 0.15) is 37.0 Å². The van der Waals surface area contributed by atoms with Gasteiger partial charge in [0.1, 0.15) is 18.5 Å². The van der Waals surface area contributed by atoms with Crippen molar-refractivity contribution in [2.24, 2.45) is 0 Å². The summed E-state index contributed by atoms with van der Waals surface area (Å²) in [5, 5.41) is 2.48. The van der Waals surface area contributed by atoms with Gasteiger partial charge in [0.15, 0.2) is 5.82 Å². The third-order valence-electron chi connectivity index (χ3n) is 4.55. The van der Waals surface area contributed by atoms with E-state index in [0.29, 0.717) is 5.69 Å². The Labute approximate surface area is 196 Å². The van der Waals surface area contributed by atoms with Crippen molar-refractivity contribution in [2.45, 2.75) is 39.0 Å². The third kappa shape index (κ3) is 6.87. The van der Waals surface area contributed by atoms with E-state index in [4.69, 9.17) is 21.1 Å². The lowest BCUT2D eigenvalue weighted by atomic mass is 10.1. The SMILES string of the molecule is CC(C)(C)OCC(NC(=O)OCc1ccccc1)C(=O)c1nccn1-c1ccc(F)c(Cl)c1. The summed E-state index contributed by atoms with van der Waals surface area (Å²) in [5.74, 6) is -1.04. The van der Waals surface area contributed by atoms with Crippen LogP contribution < -0.4 is 5.32 Å². The lowest BCUT2D eigenvalue weighted by molar-refractivity contribution is -0.0121. The fourth-order valence-corrected chi connectivity index (χ4v) is 3.08. The van der Waals surface area contributed by atoms with Crippen LogP contribution in [0.15, 0.2) is 60.9 Å². The van der Waals surface area contributed by atoms with Crippen molar-refractivity contribution in [1.29, 1.82) is 0 Å². The highest BCUT2D eigenvalue weighted by atomic mass is 35.5. The average molecular weight is 474 g/mol. The maximum atomic E-state index is 13.6. The molecular formula is C24H25ClFN3O4. The summed E-state index contributed by atoms with van der Waals surface area (Å²) in [6.45, 7) is 5.47. The first-order chi connectivity index (χ1) is 15.6. The monoisotopic (exact) mass is 473 g/mol. The van der Waals surface area contributed by atoms with Gasteiger partial charge in [-0.1, -0.05) is 41.9 Å². The van der Waals surface area contributed by atoms with E-state index in [-0.39, 0.29) is 24.1 Å². The molecular weight excluding hydrogens is 449 g/mol. The zero-order chi connectivity index (χ0) is 24.0. The highest BCUT2D eigenvalue weighted by molar-refractivity contribution is 6.30. The fourth-order valence-electron chi connectivity index (χ4n) is 2.91. The van der Waals surface area contributed by atoms with Gasteiger partial charge in [-0.05, 0) is 44.5 Å². The fraction of sp³-hybridized carbons (Fsp3) is 0.292. The molecule has 1 atom stereocenters. The maximum Gasteiger partial charge on any atom is 0.408 e. The molecule has 33 heavy (non-hydrogen) atoms. The quantitative estimate of drug-likeness (QED) is 0.468. The van der Waals surface area contributed by atoms with Gasteiger partial charge in [0.2, 0.25) is 5.78 Å². The number of ether oxygens (including phenoxy) is 2. The van der Waals surface area contributed by atoms with Crippen molar-refractivity contribution < 1.29 is 23.5 Å². The summed E-state index contributed by atoms with van der Waals surface area (Å²) < 4.78 is 26.1. The predicted molar refractivity (Wildman–Crippen MR) is 122 cm³/mol. The van der Waals surface area contributed by atoms with Crippen LogP contribution in [-0.4, -0.2) is 39.7 Å². The van der Waals surface area contributed by atoms with Gasteiger partial charge in [0.25, 0.3) is 0 Å². The van der Waals surface area contributed by atoms with Crippen molar-refractivity contribution in [3.05, 3.63) is 83.2 Å². The van der Waals surface area contributed by atoms with Crippen LogP contribution >= 0.6 is 11.6 Å². The van der Waals surface area contributed by atoms with E-state index >= 15 is 0 Å². The summed E-state index contributed by atoms with van der Waals surface area (Å²) in [4.78, 5) is 29.9. The number of amides is 1. The van der Waals surface area contributed by atoms with Gasteiger partial charge in [-0.25, -0.2) is 14.2 Å². The minimum Gasteiger partial charge on any atom is -0.445 e. The normalized spacial score (nSPS) is 12.3. The van der Waals surface area contributed by atoms with E-state index in [2.05, 4.69) is 10.3 Å². The second-order valence-electron chi connectivity index (χ2n) is 8.27. The molecule has 7 nitrogen and oxygen atoms in total. The number of rotatable bonds is 8. The summed E-state index contributed by atoms with van der Waals surface area (Å²) >= 11 is 5.89. The molecule has 0 radical (unpaired) electrons. The van der Waals surface area contributed by atoms with Crippen LogP contribution in [-0.2, 0) is 16.1 Å². The molecule has 1 amide bonds. The van der Waals surface area contributed by atoms with E-state index in [9.17, 15) is 14.0 Å². The molecule has 1 aromatic heterocycles. The number of Topliss-reactive ketones (excluding diaryl/α,β-unsaturated/α-hetero) is 1. The Bertz CT molecular complexity index is 1110. The van der Waals surface area contributed by atoms with Crippen LogP contribution in [0, 0.1) is 5.82 Å².